The second-order valence-corrected chi connectivity index (χ2v) is 11.6. The van der Waals surface area contributed by atoms with Gasteiger partial charge in [-0.25, -0.2) is 4.79 Å². The van der Waals surface area contributed by atoms with Crippen molar-refractivity contribution in [2.45, 2.75) is 57.0 Å². The fourth-order valence-corrected chi connectivity index (χ4v) is 5.94. The fourth-order valence-electron chi connectivity index (χ4n) is 5.94. The van der Waals surface area contributed by atoms with Gasteiger partial charge in [-0.05, 0) is 61.3 Å². The summed E-state index contributed by atoms with van der Waals surface area (Å²) in [7, 11) is 0. The number of rotatable bonds is 13. The first-order valence-corrected chi connectivity index (χ1v) is 15.4. The van der Waals surface area contributed by atoms with Crippen LogP contribution in [0.2, 0.25) is 0 Å². The molecule has 0 unspecified atom stereocenters. The van der Waals surface area contributed by atoms with Gasteiger partial charge in [0, 0.05) is 30.0 Å². The van der Waals surface area contributed by atoms with Gasteiger partial charge in [-0.15, -0.1) is 0 Å². The van der Waals surface area contributed by atoms with Gasteiger partial charge in [0.2, 0.25) is 5.91 Å². The summed E-state index contributed by atoms with van der Waals surface area (Å²) in [5.74, 6) is -3.43. The zero-order chi connectivity index (χ0) is 31.8. The number of ketones is 1. The van der Waals surface area contributed by atoms with Gasteiger partial charge in [-0.1, -0.05) is 78.9 Å². The molecular formula is C36H38N4O5. The highest BCUT2D eigenvalue weighted by Gasteiger charge is 2.30. The smallest absolute Gasteiger partial charge is 0.328 e. The molecule has 9 heteroatoms. The average molecular weight is 607 g/mol. The Morgan fingerprint density at radius 3 is 2.13 bits per heavy atom. The maximum atomic E-state index is 13.6. The van der Waals surface area contributed by atoms with Gasteiger partial charge in [-0.2, -0.15) is 0 Å². The second-order valence-electron chi connectivity index (χ2n) is 11.6. The number of aromatic nitrogens is 1. The number of carbonyl (C=O) groups excluding carboxylic acids is 3. The number of carbonyl (C=O) groups is 4. The number of nitrogens with one attached hydrogen (secondary N) is 2. The average Bonchev–Trinajstić information content (AvgIpc) is 3.05. The van der Waals surface area contributed by atoms with Crippen LogP contribution in [0.25, 0.3) is 10.9 Å². The van der Waals surface area contributed by atoms with E-state index in [0.29, 0.717) is 22.9 Å². The Morgan fingerprint density at radius 1 is 0.822 bits per heavy atom. The van der Waals surface area contributed by atoms with Crippen molar-refractivity contribution in [1.29, 1.82) is 0 Å². The van der Waals surface area contributed by atoms with Crippen LogP contribution in [-0.4, -0.2) is 52.3 Å². The molecule has 232 valence electrons. The van der Waals surface area contributed by atoms with Gasteiger partial charge in [0.1, 0.15) is 6.04 Å². The monoisotopic (exact) mass is 606 g/mol. The molecule has 1 aromatic heterocycles. The molecule has 0 bridgehead atoms. The van der Waals surface area contributed by atoms with Crippen LogP contribution in [-0.2, 0) is 40.1 Å². The number of carboxylic acids is 1. The third kappa shape index (κ3) is 7.99. The van der Waals surface area contributed by atoms with Crippen molar-refractivity contribution < 1.29 is 24.3 Å². The molecule has 4 aromatic rings. The first-order valence-electron chi connectivity index (χ1n) is 15.4. The highest BCUT2D eigenvalue weighted by atomic mass is 16.4. The number of carboxylic acid groups (broad SMARTS) is 1. The van der Waals surface area contributed by atoms with Crippen molar-refractivity contribution in [3.63, 3.8) is 0 Å². The number of fused-ring (bicyclic) bond motifs is 2. The molecule has 0 spiro atoms. The van der Waals surface area contributed by atoms with Gasteiger partial charge < -0.3 is 21.5 Å². The number of Topliss-reactive ketones (excluding diaryl/α,β-unsaturated/α-hetero) is 1. The molecule has 1 aliphatic carbocycles. The highest BCUT2D eigenvalue weighted by Crippen LogP contribution is 2.29. The summed E-state index contributed by atoms with van der Waals surface area (Å²) >= 11 is 0. The summed E-state index contributed by atoms with van der Waals surface area (Å²) in [6.45, 7) is -0.329. The number of benzene rings is 3. The summed E-state index contributed by atoms with van der Waals surface area (Å²) < 4.78 is 0. The zero-order valence-electron chi connectivity index (χ0n) is 25.1. The summed E-state index contributed by atoms with van der Waals surface area (Å²) in [4.78, 5) is 57.4. The van der Waals surface area contributed by atoms with E-state index in [1.54, 1.807) is 0 Å². The Hall–Kier alpha value is -4.89. The second kappa shape index (κ2) is 14.7. The van der Waals surface area contributed by atoms with E-state index in [-0.39, 0.29) is 25.2 Å². The molecule has 1 heterocycles. The maximum absolute atomic E-state index is 13.6. The van der Waals surface area contributed by atoms with Crippen molar-refractivity contribution >= 4 is 34.5 Å². The predicted octanol–water partition coefficient (Wildman–Crippen LogP) is 3.80. The molecule has 0 saturated heterocycles. The van der Waals surface area contributed by atoms with Gasteiger partial charge >= 0.3 is 5.97 Å². The summed E-state index contributed by atoms with van der Waals surface area (Å²) in [6.07, 6.45) is 3.85. The molecule has 1 aliphatic rings. The standard InChI is InChI=1S/C36H38N4O5/c37-28(20-24-13-5-2-6-14-24)32(41)21-25(19-23-11-3-1-4-12-23)34(42)40-31(36(44)45)22-38-35(43)33-26-15-7-9-17-29(26)39-30-18-10-8-16-27(30)33/h1-7,9,11-15,17,25,28,31H,8,10,16,18-22,37H2,(H,38,43)(H,40,42)(H,44,45)/t25-,28+,31+/m1/s1. The lowest BCUT2D eigenvalue weighted by Gasteiger charge is -2.23. The minimum Gasteiger partial charge on any atom is -0.480 e. The quantitative estimate of drug-likeness (QED) is 0.181. The van der Waals surface area contributed by atoms with Crippen molar-refractivity contribution in [1.82, 2.24) is 15.6 Å². The van der Waals surface area contributed by atoms with Gasteiger partial charge in [0.25, 0.3) is 5.91 Å². The molecular weight excluding hydrogens is 568 g/mol. The molecule has 9 nitrogen and oxygen atoms in total. The van der Waals surface area contributed by atoms with E-state index in [0.717, 1.165) is 48.1 Å². The number of amides is 2. The van der Waals surface area contributed by atoms with Crippen LogP contribution in [0.15, 0.2) is 84.9 Å². The molecule has 0 fully saturated rings. The Labute approximate surface area is 262 Å². The van der Waals surface area contributed by atoms with E-state index in [9.17, 15) is 24.3 Å². The summed E-state index contributed by atoms with van der Waals surface area (Å²) in [5, 5.41) is 16.1. The number of pyridine rings is 1. The van der Waals surface area contributed by atoms with Crippen LogP contribution in [0.1, 0.15) is 52.0 Å². The summed E-state index contributed by atoms with van der Waals surface area (Å²) in [5.41, 5.74) is 11.0. The fraction of sp³-hybridized carbons (Fsp3) is 0.306. The molecule has 2 amide bonds. The molecule has 0 aliphatic heterocycles. The van der Waals surface area contributed by atoms with Gasteiger partial charge in [-0.3, -0.25) is 19.4 Å². The Balaban J connectivity index is 1.30. The van der Waals surface area contributed by atoms with Crippen molar-refractivity contribution in [2.75, 3.05) is 6.54 Å². The number of hydrogen-bond donors (Lipinski definition) is 4. The Kier molecular flexibility index (Phi) is 10.3. The maximum Gasteiger partial charge on any atom is 0.328 e. The third-order valence-electron chi connectivity index (χ3n) is 8.33. The molecule has 0 saturated carbocycles. The van der Waals surface area contributed by atoms with Crippen LogP contribution >= 0.6 is 0 Å². The number of hydrogen-bond acceptors (Lipinski definition) is 6. The number of aliphatic carboxylic acids is 1. The SMILES string of the molecule is N[C@@H](Cc1ccccc1)C(=O)C[C@@H](Cc1ccccc1)C(=O)N[C@@H](CNC(=O)c1c2c(nc3ccccc13)CCCC2)C(=O)O. The Morgan fingerprint density at radius 2 is 1.44 bits per heavy atom. The topological polar surface area (TPSA) is 151 Å². The third-order valence-corrected chi connectivity index (χ3v) is 8.33. The van der Waals surface area contributed by atoms with E-state index in [1.165, 1.54) is 0 Å². The van der Waals surface area contributed by atoms with Crippen molar-refractivity contribution in [3.05, 3.63) is 113 Å². The van der Waals surface area contributed by atoms with Crippen molar-refractivity contribution in [3.8, 4) is 0 Å². The lowest BCUT2D eigenvalue weighted by atomic mass is 9.89. The number of nitrogens with zero attached hydrogens (tertiary/aromatic N) is 1. The van der Waals surface area contributed by atoms with Gasteiger partial charge in [0.15, 0.2) is 5.78 Å². The van der Waals surface area contributed by atoms with Crippen LogP contribution in [0.5, 0.6) is 0 Å². The number of nitrogens with two attached hydrogens (primary N) is 1. The number of para-hydroxylation sites is 1. The minimum atomic E-state index is -1.41. The minimum absolute atomic E-state index is 0.150. The van der Waals surface area contributed by atoms with Crippen LogP contribution < -0.4 is 16.4 Å². The predicted molar refractivity (Wildman–Crippen MR) is 172 cm³/mol. The van der Waals surface area contributed by atoms with E-state index >= 15 is 0 Å². The first kappa shape index (κ1) is 31.5. The van der Waals surface area contributed by atoms with Crippen LogP contribution in [0.3, 0.4) is 0 Å². The molecule has 3 aromatic carbocycles. The van der Waals surface area contributed by atoms with Crippen LogP contribution in [0.4, 0.5) is 0 Å². The molecule has 45 heavy (non-hydrogen) atoms. The van der Waals surface area contributed by atoms with E-state index in [2.05, 4.69) is 10.6 Å². The number of aryl methyl sites for hydroxylation is 1. The molecule has 3 atom stereocenters. The van der Waals surface area contributed by atoms with Gasteiger partial charge in [0.05, 0.1) is 17.1 Å². The molecule has 5 N–H and O–H groups in total. The lowest BCUT2D eigenvalue weighted by Crippen LogP contribution is -2.51. The van der Waals surface area contributed by atoms with Crippen molar-refractivity contribution in [2.24, 2.45) is 11.7 Å². The zero-order valence-corrected chi connectivity index (χ0v) is 25.1. The largest absolute Gasteiger partial charge is 0.480 e. The van der Waals surface area contributed by atoms with E-state index in [1.807, 2.05) is 84.9 Å². The normalized spacial score (nSPS) is 14.5. The van der Waals surface area contributed by atoms with Crippen LogP contribution in [0, 0.1) is 5.92 Å². The highest BCUT2D eigenvalue weighted by molar-refractivity contribution is 6.08. The van der Waals surface area contributed by atoms with E-state index in [4.69, 9.17) is 10.7 Å². The molecule has 0 radical (unpaired) electrons. The first-order chi connectivity index (χ1) is 21.8. The molecule has 5 rings (SSSR count). The Bertz CT molecular complexity index is 1680. The summed E-state index contributed by atoms with van der Waals surface area (Å²) in [6, 6.07) is 23.8. The van der Waals surface area contributed by atoms with E-state index < -0.39 is 35.8 Å². The lowest BCUT2D eigenvalue weighted by molar-refractivity contribution is -0.142.